The molecule has 0 saturated carbocycles. The number of hydrogen-bond acceptors (Lipinski definition) is 3. The van der Waals surface area contributed by atoms with E-state index in [0.29, 0.717) is 6.42 Å². The van der Waals surface area contributed by atoms with Crippen LogP contribution in [0.4, 0.5) is 4.39 Å². The second kappa shape index (κ2) is 1.69. The second-order valence-electron chi connectivity index (χ2n) is 2.92. The summed E-state index contributed by atoms with van der Waals surface area (Å²) < 4.78 is 17.9. The van der Waals surface area contributed by atoms with Crippen LogP contribution in [0, 0.1) is 0 Å². The fourth-order valence-corrected chi connectivity index (χ4v) is 1.31. The molecule has 0 spiro atoms. The molecule has 2 aliphatic heterocycles. The third-order valence-electron chi connectivity index (χ3n) is 1.82. The van der Waals surface area contributed by atoms with E-state index in [1.165, 1.54) is 0 Å². The lowest BCUT2D eigenvalue weighted by molar-refractivity contribution is -0.374. The van der Waals surface area contributed by atoms with Gasteiger partial charge in [-0.25, -0.2) is 0 Å². The molecule has 10 heavy (non-hydrogen) atoms. The van der Waals surface area contributed by atoms with Gasteiger partial charge in [0.15, 0.2) is 0 Å². The highest BCUT2D eigenvalue weighted by Gasteiger charge is 2.54. The van der Waals surface area contributed by atoms with E-state index < -0.39 is 11.8 Å². The Kier molecular flexibility index (Phi) is 1.10. The summed E-state index contributed by atoms with van der Waals surface area (Å²) in [6.45, 7) is 1.67. The van der Waals surface area contributed by atoms with Crippen LogP contribution in [0.5, 0.6) is 0 Å². The monoisotopic (exact) mass is 148 g/mol. The molecule has 2 heterocycles. The van der Waals surface area contributed by atoms with Crippen molar-refractivity contribution in [3.8, 4) is 0 Å². The van der Waals surface area contributed by atoms with Crippen molar-refractivity contribution in [3.63, 3.8) is 0 Å². The molecule has 2 atom stereocenters. The Balaban J connectivity index is 2.20. The molecule has 2 fully saturated rings. The molecule has 2 rings (SSSR count). The summed E-state index contributed by atoms with van der Waals surface area (Å²) in [5.74, 6) is -0.840. The molecule has 0 unspecified atom stereocenters. The first kappa shape index (κ1) is 6.52. The summed E-state index contributed by atoms with van der Waals surface area (Å²) in [7, 11) is 0. The topological polar surface area (TPSA) is 27.7 Å². The van der Waals surface area contributed by atoms with E-state index in [9.17, 15) is 4.39 Å². The van der Waals surface area contributed by atoms with Gasteiger partial charge >= 0.3 is 6.04 Å². The Hall–Kier alpha value is -0.190. The van der Waals surface area contributed by atoms with Crippen molar-refractivity contribution in [1.29, 1.82) is 0 Å². The Bertz CT molecular complexity index is 147. The second-order valence-corrected chi connectivity index (χ2v) is 2.92. The third-order valence-corrected chi connectivity index (χ3v) is 1.82. The highest BCUT2D eigenvalue weighted by Crippen LogP contribution is 2.44. The van der Waals surface area contributed by atoms with Crippen LogP contribution >= 0.6 is 0 Å². The van der Waals surface area contributed by atoms with Gasteiger partial charge in [0.25, 0.3) is 0 Å². The number of alkyl halides is 1. The molecular formula is C6H9FO3. The maximum Gasteiger partial charge on any atom is 0.350 e. The van der Waals surface area contributed by atoms with Crippen LogP contribution < -0.4 is 0 Å². The molecular weight excluding hydrogens is 139 g/mol. The number of halogens is 1. The maximum absolute atomic E-state index is 13.0. The average Bonchev–Trinajstić information content (AvgIpc) is 2.03. The minimum Gasteiger partial charge on any atom is -0.287 e. The average molecular weight is 148 g/mol. The molecule has 0 aromatic heterocycles. The van der Waals surface area contributed by atoms with Crippen molar-refractivity contribution in [2.24, 2.45) is 0 Å². The fraction of sp³-hybridized carbons (Fsp3) is 1.00. The van der Waals surface area contributed by atoms with Crippen LogP contribution in [0.1, 0.15) is 26.2 Å². The van der Waals surface area contributed by atoms with E-state index in [1.54, 1.807) is 6.92 Å². The minimum absolute atomic E-state index is 0.266. The number of fused-ring (bicyclic) bond motifs is 2. The van der Waals surface area contributed by atoms with Crippen molar-refractivity contribution in [1.82, 2.24) is 0 Å². The molecule has 0 N–H and O–H groups in total. The van der Waals surface area contributed by atoms with Gasteiger partial charge in [-0.15, -0.1) is 0 Å². The van der Waals surface area contributed by atoms with E-state index >= 15 is 0 Å². The van der Waals surface area contributed by atoms with Gasteiger partial charge in [0.2, 0.25) is 5.79 Å². The van der Waals surface area contributed by atoms with Crippen LogP contribution in [0.2, 0.25) is 0 Å². The van der Waals surface area contributed by atoms with Crippen molar-refractivity contribution < 1.29 is 18.9 Å². The lowest BCUT2D eigenvalue weighted by Gasteiger charge is -2.26. The summed E-state index contributed by atoms with van der Waals surface area (Å²) >= 11 is 0. The number of ether oxygens (including phenoxy) is 1. The summed E-state index contributed by atoms with van der Waals surface area (Å²) in [5.41, 5.74) is 0. The van der Waals surface area contributed by atoms with Crippen LogP contribution in [0.25, 0.3) is 0 Å². The molecule has 2 saturated heterocycles. The van der Waals surface area contributed by atoms with Gasteiger partial charge in [0.05, 0.1) is 0 Å². The summed E-state index contributed by atoms with van der Waals surface area (Å²) in [6, 6.07) is -1.97. The van der Waals surface area contributed by atoms with Gasteiger partial charge in [-0.3, -0.25) is 4.74 Å². The van der Waals surface area contributed by atoms with E-state index in [0.717, 1.165) is 6.42 Å². The minimum atomic E-state index is -1.97. The van der Waals surface area contributed by atoms with Crippen molar-refractivity contribution in [2.45, 2.75) is 38.0 Å². The normalized spacial score (nSPS) is 53.4. The Morgan fingerprint density at radius 1 is 1.30 bits per heavy atom. The molecule has 3 nitrogen and oxygen atoms in total. The van der Waals surface area contributed by atoms with Gasteiger partial charge < -0.3 is 0 Å². The first-order valence-electron chi connectivity index (χ1n) is 3.38. The highest BCUT2D eigenvalue weighted by molar-refractivity contribution is 4.76. The predicted octanol–water partition coefficient (Wildman–Crippen LogP) is 1.49. The van der Waals surface area contributed by atoms with E-state index in [-0.39, 0.29) is 6.42 Å². The number of rotatable bonds is 0. The highest BCUT2D eigenvalue weighted by atomic mass is 19.2. The molecule has 0 amide bonds. The van der Waals surface area contributed by atoms with Crippen molar-refractivity contribution in [3.05, 3.63) is 0 Å². The lowest BCUT2D eigenvalue weighted by atomic mass is 10.1. The Labute approximate surface area is 58.0 Å². The molecule has 4 heteroatoms. The van der Waals surface area contributed by atoms with Crippen LogP contribution in [0.3, 0.4) is 0 Å². The number of hydrogen-bond donors (Lipinski definition) is 0. The third kappa shape index (κ3) is 0.836. The fourth-order valence-electron chi connectivity index (χ4n) is 1.31. The Morgan fingerprint density at radius 2 is 2.10 bits per heavy atom. The molecule has 0 aromatic carbocycles. The smallest absolute Gasteiger partial charge is 0.287 e. The Morgan fingerprint density at radius 3 is 2.70 bits per heavy atom. The van der Waals surface area contributed by atoms with Crippen LogP contribution in [0.15, 0.2) is 0 Å². The van der Waals surface area contributed by atoms with Gasteiger partial charge in [-0.2, -0.15) is 14.2 Å². The van der Waals surface area contributed by atoms with Gasteiger partial charge in [0.1, 0.15) is 0 Å². The first-order valence-corrected chi connectivity index (χ1v) is 3.38. The standard InChI is InChI=1S/C6H9FO3/c1-5-3-2-4-6(7,8-5)10-9-5/h2-4H2,1H3/t5-,6-/m0/s1. The van der Waals surface area contributed by atoms with Crippen molar-refractivity contribution >= 4 is 0 Å². The van der Waals surface area contributed by atoms with Gasteiger partial charge in [-0.1, -0.05) is 0 Å². The van der Waals surface area contributed by atoms with E-state index in [1.807, 2.05) is 0 Å². The van der Waals surface area contributed by atoms with Crippen LogP contribution in [-0.2, 0) is 14.5 Å². The molecule has 2 aliphatic rings. The molecule has 0 aromatic rings. The van der Waals surface area contributed by atoms with Crippen LogP contribution in [-0.4, -0.2) is 11.8 Å². The zero-order valence-corrected chi connectivity index (χ0v) is 5.72. The van der Waals surface area contributed by atoms with Gasteiger partial charge in [0, 0.05) is 12.8 Å². The summed E-state index contributed by atoms with van der Waals surface area (Å²) in [5, 5.41) is 0. The molecule has 0 radical (unpaired) electrons. The maximum atomic E-state index is 13.0. The van der Waals surface area contributed by atoms with Gasteiger partial charge in [-0.05, 0) is 13.3 Å². The molecule has 0 aliphatic carbocycles. The molecule has 2 bridgehead atoms. The quantitative estimate of drug-likeness (QED) is 0.487. The first-order chi connectivity index (χ1) is 4.62. The zero-order chi connectivity index (χ0) is 7.24. The predicted molar refractivity (Wildman–Crippen MR) is 29.3 cm³/mol. The summed E-state index contributed by atoms with van der Waals surface area (Å²) in [6.07, 6.45) is 1.70. The lowest BCUT2D eigenvalue weighted by Crippen LogP contribution is -2.35. The SMILES string of the molecule is C[C@@]12CCC[C@@](F)(OO1)O2. The van der Waals surface area contributed by atoms with E-state index in [4.69, 9.17) is 4.74 Å². The zero-order valence-electron chi connectivity index (χ0n) is 5.72. The largest absolute Gasteiger partial charge is 0.350 e. The van der Waals surface area contributed by atoms with Crippen molar-refractivity contribution in [2.75, 3.05) is 0 Å². The summed E-state index contributed by atoms with van der Waals surface area (Å²) in [4.78, 5) is 9.05. The molecule has 58 valence electrons. The van der Waals surface area contributed by atoms with E-state index in [2.05, 4.69) is 9.78 Å².